The summed E-state index contributed by atoms with van der Waals surface area (Å²) in [5, 5.41) is 18.4. The van der Waals surface area contributed by atoms with E-state index in [1.165, 1.54) is 12.1 Å². The number of benzene rings is 2. The Labute approximate surface area is 208 Å². The second-order valence-electron chi connectivity index (χ2n) is 10.4. The molecule has 4 rings (SSSR count). The van der Waals surface area contributed by atoms with Crippen molar-refractivity contribution in [2.24, 2.45) is 21.4 Å². The van der Waals surface area contributed by atoms with Gasteiger partial charge in [0.2, 0.25) is 5.91 Å². The van der Waals surface area contributed by atoms with Crippen molar-refractivity contribution in [2.75, 3.05) is 5.32 Å². The van der Waals surface area contributed by atoms with Crippen LogP contribution in [-0.4, -0.2) is 22.5 Å². The monoisotopic (exact) mass is 497 g/mol. The van der Waals surface area contributed by atoms with Crippen molar-refractivity contribution in [3.8, 4) is 0 Å². The van der Waals surface area contributed by atoms with Crippen LogP contribution < -0.4 is 5.32 Å². The molecule has 2 bridgehead atoms. The zero-order chi connectivity index (χ0) is 25.8. The van der Waals surface area contributed by atoms with Gasteiger partial charge in [0, 0.05) is 23.6 Å². The first-order valence-electron chi connectivity index (χ1n) is 11.4. The van der Waals surface area contributed by atoms with E-state index < -0.39 is 27.1 Å². The van der Waals surface area contributed by atoms with Crippen molar-refractivity contribution in [1.82, 2.24) is 0 Å². The molecule has 8 nitrogen and oxygen atoms in total. The van der Waals surface area contributed by atoms with Gasteiger partial charge in [-0.1, -0.05) is 43.6 Å². The molecule has 2 atom stereocenters. The lowest BCUT2D eigenvalue weighted by Crippen LogP contribution is -2.43. The van der Waals surface area contributed by atoms with E-state index in [2.05, 4.69) is 30.4 Å². The molecule has 2 aliphatic carbocycles. The number of oxime groups is 1. The number of rotatable bonds is 5. The molecule has 1 N–H and O–H groups in total. The summed E-state index contributed by atoms with van der Waals surface area (Å²) in [6.45, 7) is 10.1. The lowest BCUT2D eigenvalue weighted by atomic mass is 9.64. The van der Waals surface area contributed by atoms with Gasteiger partial charge in [0.25, 0.3) is 5.69 Å². The highest BCUT2D eigenvalue weighted by molar-refractivity contribution is 6.32. The standard InChI is InChI=1S/C26H28ClN3O5/c1-15-10-16(2)12-18(11-15)28-23(32)26-9-8-25(5,24(26,3)4)21(14-26)29-35-22(31)17-6-7-19(27)20(13-17)30(33)34/h6-7,10-13H,8-9,14H2,1-5H3,(H,28,32). The number of carbonyl (C=O) groups is 2. The van der Waals surface area contributed by atoms with Crippen LogP contribution in [0, 0.1) is 40.2 Å². The molecule has 0 aromatic heterocycles. The number of carbonyl (C=O) groups excluding carboxylic acids is 2. The summed E-state index contributed by atoms with van der Waals surface area (Å²) in [5.41, 5.74) is 1.53. The summed E-state index contributed by atoms with van der Waals surface area (Å²) in [7, 11) is 0. The van der Waals surface area contributed by atoms with Gasteiger partial charge in [-0.25, -0.2) is 4.79 Å². The number of nitrogens with one attached hydrogen (secondary N) is 1. The number of nitro benzene ring substituents is 1. The predicted octanol–water partition coefficient (Wildman–Crippen LogP) is 6.23. The van der Waals surface area contributed by atoms with Crippen molar-refractivity contribution in [3.63, 3.8) is 0 Å². The molecule has 2 aromatic carbocycles. The van der Waals surface area contributed by atoms with Gasteiger partial charge in [0.15, 0.2) is 0 Å². The Kier molecular flexibility index (Phi) is 6.00. The average Bonchev–Trinajstić information content (AvgIpc) is 3.07. The fraction of sp³-hybridized carbons (Fsp3) is 0.423. The third kappa shape index (κ3) is 3.89. The van der Waals surface area contributed by atoms with Crippen molar-refractivity contribution >= 4 is 40.6 Å². The fourth-order valence-electron chi connectivity index (χ4n) is 5.75. The first-order chi connectivity index (χ1) is 16.3. The summed E-state index contributed by atoms with van der Waals surface area (Å²) in [5.74, 6) is -0.892. The number of fused-ring (bicyclic) bond motifs is 2. The van der Waals surface area contributed by atoms with Gasteiger partial charge in [-0.05, 0) is 67.5 Å². The van der Waals surface area contributed by atoms with Crippen LogP contribution in [0.3, 0.4) is 0 Å². The number of hydrogen-bond acceptors (Lipinski definition) is 6. The fourth-order valence-corrected chi connectivity index (χ4v) is 5.94. The smallest absolute Gasteiger partial charge is 0.326 e. The summed E-state index contributed by atoms with van der Waals surface area (Å²) in [4.78, 5) is 42.0. The van der Waals surface area contributed by atoms with E-state index in [0.717, 1.165) is 29.3 Å². The highest BCUT2D eigenvalue weighted by Crippen LogP contribution is 2.71. The predicted molar refractivity (Wildman–Crippen MR) is 134 cm³/mol. The quantitative estimate of drug-likeness (QED) is 0.299. The van der Waals surface area contributed by atoms with Gasteiger partial charge >= 0.3 is 5.97 Å². The van der Waals surface area contributed by atoms with Crippen LogP contribution in [0.25, 0.3) is 0 Å². The van der Waals surface area contributed by atoms with Crippen LogP contribution >= 0.6 is 11.6 Å². The second-order valence-corrected chi connectivity index (χ2v) is 10.8. The van der Waals surface area contributed by atoms with Crippen LogP contribution in [0.4, 0.5) is 11.4 Å². The van der Waals surface area contributed by atoms with Gasteiger partial charge in [-0.3, -0.25) is 14.9 Å². The molecular formula is C26H28ClN3O5. The molecule has 2 aromatic rings. The molecule has 2 saturated carbocycles. The molecule has 0 spiro atoms. The van der Waals surface area contributed by atoms with E-state index in [1.807, 2.05) is 32.9 Å². The number of amides is 1. The number of hydrogen-bond donors (Lipinski definition) is 1. The van der Waals surface area contributed by atoms with E-state index >= 15 is 0 Å². The molecule has 184 valence electrons. The molecule has 2 aliphatic rings. The van der Waals surface area contributed by atoms with Gasteiger partial charge in [0.05, 0.1) is 21.6 Å². The average molecular weight is 498 g/mol. The van der Waals surface area contributed by atoms with Gasteiger partial charge in [-0.15, -0.1) is 0 Å². The number of nitrogens with zero attached hydrogens (tertiary/aromatic N) is 2. The second kappa shape index (κ2) is 8.45. The van der Waals surface area contributed by atoms with Crippen molar-refractivity contribution < 1.29 is 19.3 Å². The molecule has 0 aliphatic heterocycles. The normalized spacial score (nSPS) is 25.5. The number of anilines is 1. The van der Waals surface area contributed by atoms with Crippen LogP contribution in [0.15, 0.2) is 41.6 Å². The van der Waals surface area contributed by atoms with E-state index in [0.29, 0.717) is 18.6 Å². The summed E-state index contributed by atoms with van der Waals surface area (Å²) in [6, 6.07) is 9.63. The van der Waals surface area contributed by atoms with E-state index in [9.17, 15) is 19.7 Å². The largest absolute Gasteiger partial charge is 0.365 e. The zero-order valence-corrected chi connectivity index (χ0v) is 21.2. The minimum atomic E-state index is -0.824. The third-order valence-electron chi connectivity index (χ3n) is 8.27. The SMILES string of the molecule is Cc1cc(C)cc(NC(=O)C23CCC(C)(C(=NOC(=O)c4ccc(Cl)c([N+](=O)[O-])c4)C2)C3(C)C)c1. The molecule has 35 heavy (non-hydrogen) atoms. The van der Waals surface area contributed by atoms with Crippen molar-refractivity contribution in [3.05, 3.63) is 68.2 Å². The van der Waals surface area contributed by atoms with E-state index in [-0.39, 0.29) is 22.2 Å². The van der Waals surface area contributed by atoms with Gasteiger partial charge in [-0.2, -0.15) is 0 Å². The van der Waals surface area contributed by atoms with Gasteiger partial charge in [0.1, 0.15) is 5.02 Å². The topological polar surface area (TPSA) is 111 Å². The van der Waals surface area contributed by atoms with E-state index in [1.54, 1.807) is 0 Å². The molecule has 9 heteroatoms. The number of nitro groups is 1. The van der Waals surface area contributed by atoms with Crippen LogP contribution in [0.5, 0.6) is 0 Å². The Morgan fingerprint density at radius 2 is 1.74 bits per heavy atom. The maximum Gasteiger partial charge on any atom is 0.365 e. The Bertz CT molecular complexity index is 1270. The first kappa shape index (κ1) is 24.9. The molecule has 2 unspecified atom stereocenters. The summed E-state index contributed by atoms with van der Waals surface area (Å²) >= 11 is 5.83. The van der Waals surface area contributed by atoms with Crippen molar-refractivity contribution in [1.29, 1.82) is 0 Å². The number of halogens is 1. The minimum Gasteiger partial charge on any atom is -0.326 e. The highest BCUT2D eigenvalue weighted by Gasteiger charge is 2.71. The molecule has 0 heterocycles. The van der Waals surface area contributed by atoms with Crippen LogP contribution in [0.1, 0.15) is 61.5 Å². The van der Waals surface area contributed by atoms with Crippen LogP contribution in [0.2, 0.25) is 5.02 Å². The Hall–Kier alpha value is -3.26. The van der Waals surface area contributed by atoms with E-state index in [4.69, 9.17) is 16.4 Å². The Morgan fingerprint density at radius 3 is 2.37 bits per heavy atom. The third-order valence-corrected chi connectivity index (χ3v) is 8.58. The summed E-state index contributed by atoms with van der Waals surface area (Å²) in [6.07, 6.45) is 1.79. The zero-order valence-electron chi connectivity index (χ0n) is 20.4. The number of aryl methyl sites for hydroxylation is 2. The van der Waals surface area contributed by atoms with Crippen LogP contribution in [-0.2, 0) is 9.63 Å². The Balaban J connectivity index is 1.59. The molecule has 0 saturated heterocycles. The van der Waals surface area contributed by atoms with Gasteiger partial charge < -0.3 is 10.2 Å². The molecule has 2 fully saturated rings. The lowest BCUT2D eigenvalue weighted by molar-refractivity contribution is -0.384. The first-order valence-corrected chi connectivity index (χ1v) is 11.8. The minimum absolute atomic E-state index is 0.0275. The highest BCUT2D eigenvalue weighted by atomic mass is 35.5. The van der Waals surface area contributed by atoms with Crippen molar-refractivity contribution in [2.45, 2.75) is 53.9 Å². The molecule has 1 amide bonds. The molecule has 0 radical (unpaired) electrons. The molecular weight excluding hydrogens is 470 g/mol. The maximum absolute atomic E-state index is 13.7. The maximum atomic E-state index is 13.7. The summed E-state index contributed by atoms with van der Waals surface area (Å²) < 4.78 is 0. The lowest BCUT2D eigenvalue weighted by Gasteiger charge is -2.39. The Morgan fingerprint density at radius 1 is 1.09 bits per heavy atom.